The third kappa shape index (κ3) is 18.4. The molecule has 482 valence electrons. The summed E-state index contributed by atoms with van der Waals surface area (Å²) in [5.74, 6) is 3.42. The Kier molecular flexibility index (Phi) is 26.4. The van der Waals surface area contributed by atoms with Crippen LogP contribution in [0.1, 0.15) is 0 Å². The van der Waals surface area contributed by atoms with E-state index < -0.39 is 0 Å². The molecule has 97 heavy (non-hydrogen) atoms. The van der Waals surface area contributed by atoms with Crippen LogP contribution in [0.25, 0.3) is 134 Å². The molecule has 0 aliphatic carbocycles. The fourth-order valence-corrected chi connectivity index (χ4v) is 11.0. The maximum Gasteiger partial charge on any atom is 0.237 e. The zero-order valence-electron chi connectivity index (χ0n) is 51.7. The number of hydrogen-bond acceptors (Lipinski definition) is 10. The van der Waals surface area contributed by atoms with E-state index in [0.29, 0.717) is 11.8 Å². The molecule has 4 heterocycles. The summed E-state index contributed by atoms with van der Waals surface area (Å²) in [6.07, 6.45) is 0. The molecule has 0 spiro atoms. The number of benzene rings is 12. The van der Waals surface area contributed by atoms with Gasteiger partial charge >= 0.3 is 0 Å². The Morgan fingerprint density at radius 2 is 0.639 bits per heavy atom. The summed E-state index contributed by atoms with van der Waals surface area (Å²) in [5, 5.41) is 31.5. The van der Waals surface area contributed by atoms with Gasteiger partial charge in [0.1, 0.15) is 5.01 Å². The maximum atomic E-state index is 5.75. The minimum absolute atomic E-state index is 0. The van der Waals surface area contributed by atoms with Gasteiger partial charge in [0.2, 0.25) is 5.89 Å². The van der Waals surface area contributed by atoms with E-state index in [1.165, 1.54) is 38.9 Å². The van der Waals surface area contributed by atoms with Crippen LogP contribution in [0.5, 0.6) is 0 Å². The molecular formula is C82H56N8O2Rh4S-4. The van der Waals surface area contributed by atoms with Gasteiger partial charge in [-0.3, -0.25) is 0 Å². The van der Waals surface area contributed by atoms with E-state index in [4.69, 9.17) is 8.94 Å². The molecule has 0 saturated heterocycles. The molecule has 0 N–H and O–H groups in total. The van der Waals surface area contributed by atoms with Crippen molar-refractivity contribution in [2.45, 2.75) is 0 Å². The molecule has 12 aromatic carbocycles. The number of aromatic nitrogens is 8. The van der Waals surface area contributed by atoms with Gasteiger partial charge in [0.05, 0.1) is 10.8 Å². The summed E-state index contributed by atoms with van der Waals surface area (Å²) < 4.78 is 13.2. The van der Waals surface area contributed by atoms with Crippen molar-refractivity contribution >= 4 is 11.3 Å². The van der Waals surface area contributed by atoms with Gasteiger partial charge in [-0.2, -0.15) is 15.3 Å². The van der Waals surface area contributed by atoms with Crippen LogP contribution >= 0.6 is 11.3 Å². The third-order valence-corrected chi connectivity index (χ3v) is 16.1. The molecule has 0 saturated carbocycles. The monoisotopic (exact) mass is 1630 g/mol. The van der Waals surface area contributed by atoms with E-state index >= 15 is 0 Å². The first-order valence-corrected chi connectivity index (χ1v) is 30.9. The van der Waals surface area contributed by atoms with Gasteiger partial charge in [-0.15, -0.1) is 170 Å². The maximum absolute atomic E-state index is 5.75. The molecule has 0 unspecified atom stereocenters. The van der Waals surface area contributed by atoms with E-state index in [0.717, 1.165) is 83.2 Å². The molecule has 15 heteroatoms. The zero-order valence-corrected chi connectivity index (χ0v) is 59.1. The first kappa shape index (κ1) is 71.5. The fourth-order valence-electron chi connectivity index (χ4n) is 10.2. The van der Waals surface area contributed by atoms with Crippen LogP contribution in [-0.4, -0.2) is 40.3 Å². The second-order valence-electron chi connectivity index (χ2n) is 21.2. The fraction of sp³-hybridized carbons (Fsp3) is 0.0122. The standard InChI is InChI=1S/C21H16N3.C21H14NO.C20H13N2O.C20H13N2S.4Rh/c1-24-20(18-10-6-3-7-11-18)22-23-21(24)19-14-12-17(13-15-19)16-8-4-2-5-9-16;1-3-7-16(8-4-1)17-11-13-19(14-12-17)21-15-20(22-23-21)18-9-5-2-6-10-18;2*1-3-7-15(8-4-1)16-11-13-18(14-12-16)20-22-21-19(23-20)17-9-5-2-6-10-17;;;;/h2-10,12-15H,1H3;1-9,11-15H;2*1-9,11-14H;;;;/q4*-1;;;;. The largest absolute Gasteiger partial charge is 0.464 e. The van der Waals surface area contributed by atoms with Gasteiger partial charge < -0.3 is 13.5 Å². The van der Waals surface area contributed by atoms with Crippen molar-refractivity contribution < 1.29 is 86.9 Å². The molecule has 16 rings (SSSR count). The van der Waals surface area contributed by atoms with Gasteiger partial charge in [-0.1, -0.05) is 212 Å². The van der Waals surface area contributed by atoms with Gasteiger partial charge in [-0.25, -0.2) is 0 Å². The predicted molar refractivity (Wildman–Crippen MR) is 372 cm³/mol. The van der Waals surface area contributed by atoms with Gasteiger partial charge in [-0.05, 0) is 62.7 Å². The van der Waals surface area contributed by atoms with Crippen molar-refractivity contribution in [3.8, 4) is 134 Å². The van der Waals surface area contributed by atoms with Crippen molar-refractivity contribution in [2.75, 3.05) is 0 Å². The molecule has 10 nitrogen and oxygen atoms in total. The van der Waals surface area contributed by atoms with Crippen LogP contribution in [-0.2, 0) is 85.0 Å². The van der Waals surface area contributed by atoms with Crippen molar-refractivity contribution in [1.29, 1.82) is 0 Å². The van der Waals surface area contributed by atoms with Crippen LogP contribution < -0.4 is 0 Å². The molecule has 0 amide bonds. The van der Waals surface area contributed by atoms with Crippen molar-refractivity contribution in [1.82, 2.24) is 40.3 Å². The minimum atomic E-state index is 0. The van der Waals surface area contributed by atoms with Crippen LogP contribution in [0, 0.1) is 24.3 Å². The van der Waals surface area contributed by atoms with E-state index in [9.17, 15) is 0 Å². The normalized spacial score (nSPS) is 10.2. The molecule has 4 radical (unpaired) electrons. The summed E-state index contributed by atoms with van der Waals surface area (Å²) in [7, 11) is 1.98. The third-order valence-electron chi connectivity index (χ3n) is 15.1. The Bertz CT molecular complexity index is 4550. The van der Waals surface area contributed by atoms with Crippen LogP contribution in [0.2, 0.25) is 0 Å². The van der Waals surface area contributed by atoms with Crippen LogP contribution in [0.15, 0.2) is 330 Å². The molecule has 0 aliphatic rings. The van der Waals surface area contributed by atoms with Crippen LogP contribution in [0.4, 0.5) is 0 Å². The number of rotatable bonds is 12. The van der Waals surface area contributed by atoms with Crippen molar-refractivity contribution in [3.63, 3.8) is 0 Å². The smallest absolute Gasteiger partial charge is 0.237 e. The summed E-state index contributed by atoms with van der Waals surface area (Å²) in [4.78, 5) is 0. The average molecular weight is 1630 g/mol. The Labute approximate surface area is 619 Å². The van der Waals surface area contributed by atoms with E-state index in [-0.39, 0.29) is 77.9 Å². The molecule has 0 aliphatic heterocycles. The molecule has 16 aromatic rings. The Balaban J connectivity index is 0.000000150. The Morgan fingerprint density at radius 3 is 1.09 bits per heavy atom. The summed E-state index contributed by atoms with van der Waals surface area (Å²) in [6, 6.07) is 120. The van der Waals surface area contributed by atoms with Gasteiger partial charge in [0.15, 0.2) is 17.5 Å². The van der Waals surface area contributed by atoms with Crippen molar-refractivity contribution in [2.24, 2.45) is 7.05 Å². The molecule has 4 aromatic heterocycles. The van der Waals surface area contributed by atoms with E-state index in [1.54, 1.807) is 11.3 Å². The van der Waals surface area contributed by atoms with Gasteiger partial charge in [0, 0.05) is 113 Å². The van der Waals surface area contributed by atoms with E-state index in [2.05, 4.69) is 218 Å². The summed E-state index contributed by atoms with van der Waals surface area (Å²) in [6.45, 7) is 0. The Hall–Kier alpha value is -9.82. The zero-order chi connectivity index (χ0) is 62.8. The van der Waals surface area contributed by atoms with Crippen molar-refractivity contribution in [3.05, 3.63) is 346 Å². The summed E-state index contributed by atoms with van der Waals surface area (Å²) >= 11 is 1.59. The molecular weight excluding hydrogens is 1570 g/mol. The summed E-state index contributed by atoms with van der Waals surface area (Å²) in [5.41, 5.74) is 18.1. The van der Waals surface area contributed by atoms with Crippen LogP contribution in [0.3, 0.4) is 0 Å². The second kappa shape index (κ2) is 35.8. The average Bonchev–Trinajstić information content (AvgIpc) is 1.78. The van der Waals surface area contributed by atoms with E-state index in [1.807, 2.05) is 175 Å². The molecule has 0 bridgehead atoms. The topological polar surface area (TPSA) is 121 Å². The first-order valence-electron chi connectivity index (χ1n) is 30.1. The quantitative estimate of drug-likeness (QED) is 0.0869. The minimum Gasteiger partial charge on any atom is -0.464 e. The number of nitrogens with zero attached hydrogens (tertiary/aromatic N) is 8. The number of hydrogen-bond donors (Lipinski definition) is 0. The SMILES string of the molecule is Cn1c(-c2[c-]cccc2)nnc1-c1ccc(-c2ccccc2)cc1.[Rh].[Rh].[Rh].[Rh].[c-]1ccccc1-c1cc(-c2ccc(-c3ccccc3)cc2)on1.[c-]1ccccc1-c1nnc(-c2ccc(-c3ccccc3)cc2)o1.[c-]1ccccc1-c1nnc(-c2ccc(-c3ccccc3)cc2)s1. The Morgan fingerprint density at radius 1 is 0.289 bits per heavy atom. The molecule has 0 fully saturated rings. The molecule has 0 atom stereocenters. The predicted octanol–water partition coefficient (Wildman–Crippen LogP) is 20.3. The van der Waals surface area contributed by atoms with Gasteiger partial charge in [0.25, 0.3) is 0 Å². The second-order valence-corrected chi connectivity index (χ2v) is 22.2. The first-order chi connectivity index (χ1) is 46.0.